The third-order valence-electron chi connectivity index (χ3n) is 7.56. The number of rotatable bonds is 3. The molecule has 4 bridgehead atoms. The van der Waals surface area contributed by atoms with Crippen molar-refractivity contribution in [1.82, 2.24) is 19.8 Å². The number of nitrogens with zero attached hydrogens (tertiary/aromatic N) is 3. The van der Waals surface area contributed by atoms with Crippen LogP contribution >= 0.6 is 0 Å². The number of fused-ring (bicyclic) bond motifs is 5. The second-order valence-electron chi connectivity index (χ2n) is 10.3. The lowest BCUT2D eigenvalue weighted by molar-refractivity contribution is -0.124. The molecule has 2 aliphatic rings. The Morgan fingerprint density at radius 2 is 1.93 bits per heavy atom. The van der Waals surface area contributed by atoms with Gasteiger partial charge in [-0.15, -0.1) is 0 Å². The highest BCUT2D eigenvalue weighted by molar-refractivity contribution is 5.94. The molecule has 9 nitrogen and oxygen atoms in total. The lowest BCUT2D eigenvalue weighted by Crippen LogP contribution is -2.57. The number of ether oxygens (including phenoxy) is 3. The Morgan fingerprint density at radius 3 is 2.73 bits per heavy atom. The summed E-state index contributed by atoms with van der Waals surface area (Å²) in [7, 11) is 1.61. The van der Waals surface area contributed by atoms with E-state index in [4.69, 9.17) is 14.2 Å². The zero-order valence-corrected chi connectivity index (χ0v) is 22.9. The van der Waals surface area contributed by atoms with Crippen LogP contribution in [0.1, 0.15) is 34.3 Å². The van der Waals surface area contributed by atoms with E-state index in [1.165, 1.54) is 0 Å². The predicted octanol–water partition coefficient (Wildman–Crippen LogP) is 4.54. The number of carbonyl (C=O) groups excluding carboxylic acids is 2. The molecule has 4 aromatic rings. The Balaban J connectivity index is 1.21. The minimum Gasteiger partial charge on any atom is -0.493 e. The largest absolute Gasteiger partial charge is 0.493 e. The third kappa shape index (κ3) is 6.10. The van der Waals surface area contributed by atoms with Crippen LogP contribution in [0.2, 0.25) is 0 Å². The normalized spacial score (nSPS) is 19.1. The van der Waals surface area contributed by atoms with Crippen molar-refractivity contribution in [3.8, 4) is 22.9 Å². The van der Waals surface area contributed by atoms with E-state index in [0.29, 0.717) is 61.8 Å². The molecular formula is C32H32N4O5. The van der Waals surface area contributed by atoms with E-state index in [9.17, 15) is 9.59 Å². The van der Waals surface area contributed by atoms with Gasteiger partial charge in [-0.2, -0.15) is 0 Å². The molecule has 1 saturated heterocycles. The number of hydrogen-bond acceptors (Lipinski definition) is 6. The summed E-state index contributed by atoms with van der Waals surface area (Å²) in [5.74, 6) is 1.75. The smallest absolute Gasteiger partial charge is 0.253 e. The van der Waals surface area contributed by atoms with Crippen LogP contribution in [0.3, 0.4) is 0 Å². The molecule has 41 heavy (non-hydrogen) atoms. The molecular weight excluding hydrogens is 520 g/mol. The quantitative estimate of drug-likeness (QED) is 0.401. The molecule has 2 atom stereocenters. The molecule has 0 unspecified atom stereocenters. The Kier molecular flexibility index (Phi) is 7.69. The number of methoxy groups -OCH3 is 1. The molecule has 6 rings (SSSR count). The average molecular weight is 553 g/mol. The van der Waals surface area contributed by atoms with Gasteiger partial charge < -0.3 is 29.0 Å². The maximum atomic E-state index is 13.5. The van der Waals surface area contributed by atoms with Crippen LogP contribution in [0.25, 0.3) is 5.69 Å². The molecule has 1 N–H and O–H groups in total. The summed E-state index contributed by atoms with van der Waals surface area (Å²) in [4.78, 5) is 32.4. The van der Waals surface area contributed by atoms with E-state index in [1.807, 2.05) is 77.5 Å². The highest BCUT2D eigenvalue weighted by atomic mass is 16.5. The van der Waals surface area contributed by atoms with E-state index in [-0.39, 0.29) is 24.0 Å². The van der Waals surface area contributed by atoms with Gasteiger partial charge in [0.2, 0.25) is 5.91 Å². The van der Waals surface area contributed by atoms with Gasteiger partial charge in [-0.1, -0.05) is 18.2 Å². The van der Waals surface area contributed by atoms with Crippen molar-refractivity contribution in [2.24, 2.45) is 0 Å². The van der Waals surface area contributed by atoms with Crippen molar-refractivity contribution in [2.75, 3.05) is 20.2 Å². The number of likely N-dealkylation sites (tertiary alicyclic amines) is 1. The van der Waals surface area contributed by atoms with Crippen LogP contribution in [0.5, 0.6) is 17.2 Å². The van der Waals surface area contributed by atoms with Crippen LogP contribution in [0.4, 0.5) is 0 Å². The average Bonchev–Trinajstić information content (AvgIpc) is 3.54. The van der Waals surface area contributed by atoms with Crippen molar-refractivity contribution in [3.63, 3.8) is 0 Å². The van der Waals surface area contributed by atoms with Gasteiger partial charge in [0.25, 0.3) is 5.91 Å². The molecule has 0 saturated carbocycles. The standard InChI is InChI=1S/C32H32N4O5/c1-39-29-11-5-22-6-12-31(37)34-27-19-35(32(38)24-7-9-25(10-8-24)36-16-14-33-21-36)15-13-28(27)40-20-23-3-2-4-26(17-23)41-30(29)18-22/h2-5,7-11,14,16-18,21,27-28H,6,12-13,15,19-20H2,1H3,(H,34,37)/t27-,28+/m0/s1. The van der Waals surface area contributed by atoms with Crippen molar-refractivity contribution < 1.29 is 23.8 Å². The SMILES string of the molecule is COc1ccc2cc1Oc1cccc(c1)CO[C@@H]1CCN(C(=O)c3ccc(-n4ccnc4)cc3)C[C@@H]1NC(=O)CC2. The molecule has 0 radical (unpaired) electrons. The second kappa shape index (κ2) is 11.9. The number of piperidine rings is 1. The number of benzene rings is 3. The van der Waals surface area contributed by atoms with Gasteiger partial charge in [0.15, 0.2) is 11.5 Å². The Labute approximate surface area is 238 Å². The molecule has 1 aromatic heterocycles. The lowest BCUT2D eigenvalue weighted by Gasteiger charge is -2.39. The first-order valence-corrected chi connectivity index (χ1v) is 13.8. The predicted molar refractivity (Wildman–Crippen MR) is 152 cm³/mol. The highest BCUT2D eigenvalue weighted by Gasteiger charge is 2.33. The molecule has 0 aliphatic carbocycles. The first-order valence-electron chi connectivity index (χ1n) is 13.8. The number of aryl methyl sites for hydroxylation is 1. The van der Waals surface area contributed by atoms with E-state index in [1.54, 1.807) is 24.5 Å². The summed E-state index contributed by atoms with van der Waals surface area (Å²) < 4.78 is 19.9. The number of imidazole rings is 1. The molecule has 0 spiro atoms. The minimum absolute atomic E-state index is 0.0682. The molecule has 1 fully saturated rings. The summed E-state index contributed by atoms with van der Waals surface area (Å²) in [6.07, 6.45) is 6.50. The number of nitrogens with one attached hydrogen (secondary N) is 1. The molecule has 3 aromatic carbocycles. The number of carbonyl (C=O) groups is 2. The molecule has 2 amide bonds. The molecule has 3 heterocycles. The Bertz CT molecular complexity index is 1520. The number of hydrogen-bond donors (Lipinski definition) is 1. The van der Waals surface area contributed by atoms with E-state index in [0.717, 1.165) is 16.8 Å². The topological polar surface area (TPSA) is 94.9 Å². The fraction of sp³-hybridized carbons (Fsp3) is 0.281. The van der Waals surface area contributed by atoms with Crippen molar-refractivity contribution >= 4 is 11.8 Å². The molecule has 9 heteroatoms. The van der Waals surface area contributed by atoms with Gasteiger partial charge in [-0.3, -0.25) is 9.59 Å². The lowest BCUT2D eigenvalue weighted by atomic mass is 10.00. The van der Waals surface area contributed by atoms with Crippen LogP contribution in [-0.4, -0.2) is 58.6 Å². The van der Waals surface area contributed by atoms with Crippen molar-refractivity contribution in [2.45, 2.75) is 38.0 Å². The van der Waals surface area contributed by atoms with Gasteiger partial charge in [-0.25, -0.2) is 4.98 Å². The minimum atomic E-state index is -0.332. The third-order valence-corrected chi connectivity index (χ3v) is 7.56. The first-order chi connectivity index (χ1) is 20.1. The molecule has 2 aliphatic heterocycles. The van der Waals surface area contributed by atoms with Crippen LogP contribution in [-0.2, 0) is 22.6 Å². The fourth-order valence-corrected chi connectivity index (χ4v) is 5.35. The maximum Gasteiger partial charge on any atom is 0.253 e. The number of amides is 2. The second-order valence-corrected chi connectivity index (χ2v) is 10.3. The van der Waals surface area contributed by atoms with Crippen LogP contribution in [0.15, 0.2) is 85.5 Å². The monoisotopic (exact) mass is 552 g/mol. The first kappa shape index (κ1) is 26.6. The van der Waals surface area contributed by atoms with Gasteiger partial charge in [0.1, 0.15) is 5.75 Å². The summed E-state index contributed by atoms with van der Waals surface area (Å²) in [6.45, 7) is 1.26. The van der Waals surface area contributed by atoms with Gasteiger partial charge in [0.05, 0.1) is 32.2 Å². The van der Waals surface area contributed by atoms with Gasteiger partial charge in [0, 0.05) is 43.2 Å². The highest BCUT2D eigenvalue weighted by Crippen LogP contribution is 2.33. The number of aromatic nitrogens is 2. The van der Waals surface area contributed by atoms with Crippen molar-refractivity contribution in [1.29, 1.82) is 0 Å². The fourth-order valence-electron chi connectivity index (χ4n) is 5.35. The maximum absolute atomic E-state index is 13.5. The summed E-state index contributed by atoms with van der Waals surface area (Å²) in [6, 6.07) is 20.6. The molecule has 210 valence electrons. The summed E-state index contributed by atoms with van der Waals surface area (Å²) in [5, 5.41) is 3.17. The summed E-state index contributed by atoms with van der Waals surface area (Å²) in [5.41, 5.74) is 3.45. The Morgan fingerprint density at radius 1 is 1.05 bits per heavy atom. The van der Waals surface area contributed by atoms with E-state index in [2.05, 4.69) is 10.3 Å². The van der Waals surface area contributed by atoms with Gasteiger partial charge in [-0.05, 0) is 72.5 Å². The van der Waals surface area contributed by atoms with E-state index < -0.39 is 0 Å². The Hall–Kier alpha value is -4.63. The van der Waals surface area contributed by atoms with E-state index >= 15 is 0 Å². The zero-order valence-electron chi connectivity index (χ0n) is 22.9. The van der Waals surface area contributed by atoms with Crippen LogP contribution < -0.4 is 14.8 Å². The van der Waals surface area contributed by atoms with Crippen molar-refractivity contribution in [3.05, 3.63) is 102 Å². The zero-order chi connectivity index (χ0) is 28.2. The van der Waals surface area contributed by atoms with Crippen LogP contribution in [0, 0.1) is 0 Å². The van der Waals surface area contributed by atoms with Gasteiger partial charge >= 0.3 is 0 Å². The summed E-state index contributed by atoms with van der Waals surface area (Å²) >= 11 is 0.